The number of rotatable bonds is 4. The minimum absolute atomic E-state index is 0.0518. The van der Waals surface area contributed by atoms with E-state index in [9.17, 15) is 10.1 Å². The second-order valence-corrected chi connectivity index (χ2v) is 5.26. The lowest BCUT2D eigenvalue weighted by Gasteiger charge is -2.05. The van der Waals surface area contributed by atoms with Crippen molar-refractivity contribution in [3.05, 3.63) is 63.4 Å². The first-order chi connectivity index (χ1) is 10.6. The molecule has 22 heavy (non-hydrogen) atoms. The number of nitrogens with two attached hydrogens (primary N) is 1. The van der Waals surface area contributed by atoms with Crippen LogP contribution in [0.25, 0.3) is 16.9 Å². The summed E-state index contributed by atoms with van der Waals surface area (Å²) in [5.41, 5.74) is 9.02. The first-order valence-corrected chi connectivity index (χ1v) is 7.09. The smallest absolute Gasteiger partial charge is 0.269 e. The van der Waals surface area contributed by atoms with Crippen LogP contribution in [0.15, 0.2) is 42.6 Å². The average Bonchev–Trinajstić information content (AvgIpc) is 2.85. The fraction of sp³-hybridized carbons (Fsp3) is 0.133. The number of aromatic nitrogens is 2. The van der Waals surface area contributed by atoms with E-state index < -0.39 is 4.92 Å². The van der Waals surface area contributed by atoms with Crippen molar-refractivity contribution >= 4 is 22.9 Å². The third-order valence-electron chi connectivity index (χ3n) is 3.39. The predicted octanol–water partition coefficient (Wildman–Crippen LogP) is 3.06. The van der Waals surface area contributed by atoms with Crippen LogP contribution in [-0.2, 0) is 6.42 Å². The van der Waals surface area contributed by atoms with Gasteiger partial charge in [0.2, 0.25) is 0 Å². The van der Waals surface area contributed by atoms with Crippen molar-refractivity contribution in [3.8, 4) is 11.3 Å². The van der Waals surface area contributed by atoms with E-state index in [4.69, 9.17) is 17.3 Å². The maximum absolute atomic E-state index is 10.8. The molecule has 0 unspecified atom stereocenters. The zero-order valence-electron chi connectivity index (χ0n) is 11.6. The molecule has 3 aromatic rings. The second kappa shape index (κ2) is 5.75. The topological polar surface area (TPSA) is 86.5 Å². The number of pyridine rings is 1. The number of benzene rings is 1. The molecule has 0 radical (unpaired) electrons. The molecule has 0 aliphatic heterocycles. The normalized spacial score (nSPS) is 11.0. The Balaban J connectivity index is 2.20. The summed E-state index contributed by atoms with van der Waals surface area (Å²) < 4.78 is 1.88. The molecule has 1 aromatic carbocycles. The van der Waals surface area contributed by atoms with Gasteiger partial charge in [-0.1, -0.05) is 11.6 Å². The van der Waals surface area contributed by atoms with Crippen molar-refractivity contribution in [1.82, 2.24) is 9.38 Å². The highest BCUT2D eigenvalue weighted by molar-refractivity contribution is 6.30. The van der Waals surface area contributed by atoms with Gasteiger partial charge in [-0.2, -0.15) is 0 Å². The Morgan fingerprint density at radius 3 is 2.59 bits per heavy atom. The molecule has 0 atom stereocenters. The van der Waals surface area contributed by atoms with Gasteiger partial charge in [0.05, 0.1) is 21.3 Å². The average molecular weight is 317 g/mol. The van der Waals surface area contributed by atoms with Crippen LogP contribution < -0.4 is 5.73 Å². The third kappa shape index (κ3) is 2.54. The van der Waals surface area contributed by atoms with Crippen LogP contribution in [0.2, 0.25) is 5.02 Å². The summed E-state index contributed by atoms with van der Waals surface area (Å²) in [6, 6.07) is 9.98. The molecule has 7 heteroatoms. The Hall–Kier alpha value is -2.44. The number of imidazole rings is 1. The summed E-state index contributed by atoms with van der Waals surface area (Å²) in [5, 5.41) is 11.4. The maximum atomic E-state index is 10.8. The Labute approximate surface area is 131 Å². The Morgan fingerprint density at radius 1 is 1.23 bits per heavy atom. The zero-order valence-corrected chi connectivity index (χ0v) is 12.3. The van der Waals surface area contributed by atoms with Gasteiger partial charge in [-0.05, 0) is 30.8 Å². The summed E-state index contributed by atoms with van der Waals surface area (Å²) in [6.45, 7) is 0.470. The number of halogens is 1. The molecule has 0 aliphatic carbocycles. The van der Waals surface area contributed by atoms with Crippen LogP contribution in [0.5, 0.6) is 0 Å². The van der Waals surface area contributed by atoms with E-state index in [0.29, 0.717) is 18.0 Å². The van der Waals surface area contributed by atoms with Crippen LogP contribution in [0.3, 0.4) is 0 Å². The molecular weight excluding hydrogens is 304 g/mol. The van der Waals surface area contributed by atoms with E-state index >= 15 is 0 Å². The molecule has 0 fully saturated rings. The highest BCUT2D eigenvalue weighted by Crippen LogP contribution is 2.28. The summed E-state index contributed by atoms with van der Waals surface area (Å²) in [4.78, 5) is 14.9. The minimum atomic E-state index is -0.421. The first kappa shape index (κ1) is 14.5. The quantitative estimate of drug-likeness (QED) is 0.592. The van der Waals surface area contributed by atoms with Gasteiger partial charge in [-0.15, -0.1) is 0 Å². The minimum Gasteiger partial charge on any atom is -0.330 e. The molecule has 0 saturated heterocycles. The molecule has 0 spiro atoms. The lowest BCUT2D eigenvalue weighted by atomic mass is 10.1. The molecule has 6 nitrogen and oxygen atoms in total. The van der Waals surface area contributed by atoms with Crippen molar-refractivity contribution < 1.29 is 4.92 Å². The summed E-state index contributed by atoms with van der Waals surface area (Å²) in [6.07, 6.45) is 2.40. The summed E-state index contributed by atoms with van der Waals surface area (Å²) in [7, 11) is 0. The van der Waals surface area contributed by atoms with Crippen LogP contribution >= 0.6 is 11.6 Å². The first-order valence-electron chi connectivity index (χ1n) is 6.71. The van der Waals surface area contributed by atoms with Crippen LogP contribution in [0.4, 0.5) is 5.69 Å². The lowest BCUT2D eigenvalue weighted by molar-refractivity contribution is -0.384. The van der Waals surface area contributed by atoms with E-state index in [0.717, 1.165) is 22.6 Å². The van der Waals surface area contributed by atoms with Crippen LogP contribution in [0, 0.1) is 10.1 Å². The van der Waals surface area contributed by atoms with Crippen molar-refractivity contribution in [2.24, 2.45) is 5.73 Å². The number of fused-ring (bicyclic) bond motifs is 1. The molecule has 0 saturated carbocycles. The number of nitro groups is 1. The van der Waals surface area contributed by atoms with Crippen molar-refractivity contribution in [2.45, 2.75) is 6.42 Å². The zero-order chi connectivity index (χ0) is 15.7. The van der Waals surface area contributed by atoms with Crippen molar-refractivity contribution in [3.63, 3.8) is 0 Å². The Bertz CT molecular complexity index is 843. The lowest BCUT2D eigenvalue weighted by Crippen LogP contribution is -2.04. The van der Waals surface area contributed by atoms with Gasteiger partial charge in [-0.3, -0.25) is 14.5 Å². The number of hydrogen-bond donors (Lipinski definition) is 1. The number of nitro benzene ring substituents is 1. The van der Waals surface area contributed by atoms with E-state index in [2.05, 4.69) is 4.98 Å². The van der Waals surface area contributed by atoms with Gasteiger partial charge < -0.3 is 5.73 Å². The monoisotopic (exact) mass is 316 g/mol. The van der Waals surface area contributed by atoms with E-state index in [1.54, 1.807) is 24.4 Å². The third-order valence-corrected chi connectivity index (χ3v) is 3.61. The number of hydrogen-bond acceptors (Lipinski definition) is 4. The van der Waals surface area contributed by atoms with Gasteiger partial charge >= 0.3 is 0 Å². The molecule has 3 rings (SSSR count). The highest BCUT2D eigenvalue weighted by Gasteiger charge is 2.15. The van der Waals surface area contributed by atoms with Gasteiger partial charge in [0.15, 0.2) is 0 Å². The largest absolute Gasteiger partial charge is 0.330 e. The molecule has 0 amide bonds. The Morgan fingerprint density at radius 2 is 1.95 bits per heavy atom. The van der Waals surface area contributed by atoms with Gasteiger partial charge in [0.1, 0.15) is 5.65 Å². The predicted molar refractivity (Wildman–Crippen MR) is 85.1 cm³/mol. The number of non-ortho nitro benzene ring substituents is 1. The summed E-state index contributed by atoms with van der Waals surface area (Å²) in [5.74, 6) is 0. The highest BCUT2D eigenvalue weighted by atomic mass is 35.5. The fourth-order valence-electron chi connectivity index (χ4n) is 2.43. The van der Waals surface area contributed by atoms with Gasteiger partial charge in [0.25, 0.3) is 5.69 Å². The Kier molecular flexibility index (Phi) is 3.79. The number of nitrogens with zero attached hydrogens (tertiary/aromatic N) is 3. The molecule has 2 aromatic heterocycles. The molecular formula is C15H13ClN4O2. The molecule has 0 bridgehead atoms. The van der Waals surface area contributed by atoms with Crippen molar-refractivity contribution in [1.29, 1.82) is 0 Å². The van der Waals surface area contributed by atoms with E-state index in [1.807, 2.05) is 10.5 Å². The van der Waals surface area contributed by atoms with E-state index in [-0.39, 0.29) is 5.69 Å². The summed E-state index contributed by atoms with van der Waals surface area (Å²) >= 11 is 6.07. The van der Waals surface area contributed by atoms with Gasteiger partial charge in [0, 0.05) is 30.3 Å². The fourth-order valence-corrected chi connectivity index (χ4v) is 2.59. The van der Waals surface area contributed by atoms with Crippen LogP contribution in [0.1, 0.15) is 5.69 Å². The molecule has 0 aliphatic rings. The SMILES string of the molecule is NCCc1nc2ccc(Cl)cn2c1-c1ccc([N+](=O)[O-])cc1. The van der Waals surface area contributed by atoms with Crippen LogP contribution in [-0.4, -0.2) is 20.9 Å². The molecule has 2 heterocycles. The van der Waals surface area contributed by atoms with E-state index in [1.165, 1.54) is 12.1 Å². The molecule has 112 valence electrons. The second-order valence-electron chi connectivity index (χ2n) is 4.83. The van der Waals surface area contributed by atoms with Crippen molar-refractivity contribution in [2.75, 3.05) is 6.54 Å². The standard InChI is InChI=1S/C15H13ClN4O2/c16-11-3-6-14-18-13(7-8-17)15(19(14)9-11)10-1-4-12(5-2-10)20(21)22/h1-6,9H,7-8,17H2. The molecule has 2 N–H and O–H groups in total. The maximum Gasteiger partial charge on any atom is 0.269 e. The van der Waals surface area contributed by atoms with Gasteiger partial charge in [-0.25, -0.2) is 4.98 Å².